The molecule has 2 amide bonds. The lowest BCUT2D eigenvalue weighted by molar-refractivity contribution is -0.117. The molecule has 4 aromatic rings. The number of hydrogen-bond donors (Lipinski definition) is 2. The Bertz CT molecular complexity index is 1400. The molecule has 1 aliphatic rings. The Hall–Kier alpha value is -4.26. The van der Waals surface area contributed by atoms with E-state index in [9.17, 15) is 14.0 Å². The number of anilines is 1. The average Bonchev–Trinajstić information content (AvgIpc) is 3.69. The molecule has 1 heterocycles. The molecule has 2 N–H and O–H groups in total. The van der Waals surface area contributed by atoms with Gasteiger partial charge in [0.25, 0.3) is 5.91 Å². The van der Waals surface area contributed by atoms with Crippen molar-refractivity contribution >= 4 is 28.3 Å². The second kappa shape index (κ2) is 9.54. The van der Waals surface area contributed by atoms with Crippen LogP contribution in [0.1, 0.15) is 33.8 Å². The number of hydrogen-bond acceptors (Lipinski definition) is 4. The first kappa shape index (κ1) is 22.5. The molecule has 3 aromatic carbocycles. The maximum absolute atomic E-state index is 14.8. The van der Waals surface area contributed by atoms with E-state index < -0.39 is 11.7 Å². The average molecular weight is 470 g/mol. The Labute approximate surface area is 202 Å². The van der Waals surface area contributed by atoms with E-state index in [0.717, 1.165) is 33.3 Å². The minimum absolute atomic E-state index is 0.0189. The van der Waals surface area contributed by atoms with E-state index in [1.54, 1.807) is 37.7 Å². The van der Waals surface area contributed by atoms with Crippen molar-refractivity contribution in [2.45, 2.75) is 18.9 Å². The van der Waals surface area contributed by atoms with Crippen molar-refractivity contribution in [2.24, 2.45) is 5.92 Å². The fraction of sp³-hybridized carbons (Fsp3) is 0.179. The normalized spacial score (nSPS) is 16.5. The van der Waals surface area contributed by atoms with Gasteiger partial charge in [-0.15, -0.1) is 0 Å². The summed E-state index contributed by atoms with van der Waals surface area (Å²) in [6.07, 6.45) is 4.13. The molecule has 0 saturated heterocycles. The number of carbonyl (C=O) groups excluding carboxylic acids is 2. The van der Waals surface area contributed by atoms with Gasteiger partial charge in [0.2, 0.25) is 5.91 Å². The molecule has 5 rings (SSSR count). The molecule has 0 aliphatic heterocycles. The molecular formula is C28H24FN3O3. The minimum atomic E-state index is -0.594. The lowest BCUT2D eigenvalue weighted by atomic mass is 10.0. The number of amides is 2. The van der Waals surface area contributed by atoms with E-state index >= 15 is 0 Å². The Kier molecular flexibility index (Phi) is 6.14. The number of carbonyl (C=O) groups is 2. The topological polar surface area (TPSA) is 80.3 Å². The van der Waals surface area contributed by atoms with Crippen LogP contribution in [0.3, 0.4) is 0 Å². The maximum atomic E-state index is 14.8. The Morgan fingerprint density at radius 2 is 1.86 bits per heavy atom. The molecule has 1 fully saturated rings. The summed E-state index contributed by atoms with van der Waals surface area (Å²) in [5.74, 6) is -0.734. The fourth-order valence-corrected chi connectivity index (χ4v) is 4.22. The standard InChI is InChI=1S/C28H24FN3O3/c1-35-22-7-2-17(3-8-22)15-31-27(33)23-9-5-19(13-26(23)29)24-14-25(24)28(34)32-21-6-4-20-16-30-11-10-18(20)12-21/h2-13,16,24-25H,14-15H2,1H3,(H,31,33)(H,32,34)/t24?,25-/m1/s1. The third-order valence-electron chi connectivity index (χ3n) is 6.31. The van der Waals surface area contributed by atoms with Gasteiger partial charge in [0.15, 0.2) is 0 Å². The second-order valence-electron chi connectivity index (χ2n) is 8.65. The van der Waals surface area contributed by atoms with Crippen LogP contribution >= 0.6 is 0 Å². The van der Waals surface area contributed by atoms with Gasteiger partial charge in [-0.3, -0.25) is 14.6 Å². The third-order valence-corrected chi connectivity index (χ3v) is 6.31. The highest BCUT2D eigenvalue weighted by Crippen LogP contribution is 2.48. The summed E-state index contributed by atoms with van der Waals surface area (Å²) in [5, 5.41) is 7.68. The molecule has 6 nitrogen and oxygen atoms in total. The summed E-state index contributed by atoms with van der Waals surface area (Å²) in [4.78, 5) is 29.3. The zero-order chi connectivity index (χ0) is 24.4. The second-order valence-corrected chi connectivity index (χ2v) is 8.65. The number of nitrogens with one attached hydrogen (secondary N) is 2. The van der Waals surface area contributed by atoms with Crippen molar-refractivity contribution in [1.82, 2.24) is 10.3 Å². The van der Waals surface area contributed by atoms with Crippen LogP contribution in [-0.4, -0.2) is 23.9 Å². The van der Waals surface area contributed by atoms with Crippen molar-refractivity contribution in [1.29, 1.82) is 0 Å². The van der Waals surface area contributed by atoms with Crippen LogP contribution < -0.4 is 15.4 Å². The van der Waals surface area contributed by atoms with Crippen LogP contribution in [0.4, 0.5) is 10.1 Å². The lowest BCUT2D eigenvalue weighted by Gasteiger charge is -2.09. The quantitative estimate of drug-likeness (QED) is 0.397. The van der Waals surface area contributed by atoms with Crippen LogP contribution in [-0.2, 0) is 11.3 Å². The fourth-order valence-electron chi connectivity index (χ4n) is 4.22. The number of pyridine rings is 1. The van der Waals surface area contributed by atoms with E-state index in [2.05, 4.69) is 15.6 Å². The molecule has 0 bridgehead atoms. The van der Waals surface area contributed by atoms with Crippen LogP contribution in [0.15, 0.2) is 79.1 Å². The summed E-state index contributed by atoms with van der Waals surface area (Å²) < 4.78 is 19.9. The van der Waals surface area contributed by atoms with E-state index in [1.807, 2.05) is 36.4 Å². The van der Waals surface area contributed by atoms with Crippen LogP contribution in [0.2, 0.25) is 0 Å². The molecule has 0 radical (unpaired) electrons. The van der Waals surface area contributed by atoms with E-state index in [4.69, 9.17) is 4.74 Å². The molecule has 2 atom stereocenters. The van der Waals surface area contributed by atoms with Crippen molar-refractivity contribution in [2.75, 3.05) is 12.4 Å². The molecule has 1 aliphatic carbocycles. The Morgan fingerprint density at radius 3 is 2.63 bits per heavy atom. The number of halogens is 1. The van der Waals surface area contributed by atoms with E-state index in [-0.39, 0.29) is 29.9 Å². The highest BCUT2D eigenvalue weighted by molar-refractivity contribution is 5.97. The van der Waals surface area contributed by atoms with Crippen LogP contribution in [0, 0.1) is 11.7 Å². The predicted molar refractivity (Wildman–Crippen MR) is 132 cm³/mol. The molecule has 1 aromatic heterocycles. The number of aromatic nitrogens is 1. The smallest absolute Gasteiger partial charge is 0.254 e. The molecule has 176 valence electrons. The SMILES string of the molecule is COc1ccc(CNC(=O)c2ccc(C3C[C@H]3C(=O)Nc3ccc4cnccc4c3)cc2F)cc1. The number of fused-ring (bicyclic) bond motifs is 1. The van der Waals surface area contributed by atoms with Crippen molar-refractivity contribution in [3.8, 4) is 5.75 Å². The zero-order valence-corrected chi connectivity index (χ0v) is 19.1. The van der Waals surface area contributed by atoms with Crippen molar-refractivity contribution in [3.63, 3.8) is 0 Å². The highest BCUT2D eigenvalue weighted by Gasteiger charge is 2.44. The molecular weight excluding hydrogens is 445 g/mol. The molecule has 1 unspecified atom stereocenters. The summed E-state index contributed by atoms with van der Waals surface area (Å²) in [6, 6.07) is 19.4. The molecule has 0 spiro atoms. The number of benzene rings is 3. The number of nitrogens with zero attached hydrogens (tertiary/aromatic N) is 1. The maximum Gasteiger partial charge on any atom is 0.254 e. The van der Waals surface area contributed by atoms with Gasteiger partial charge < -0.3 is 15.4 Å². The summed E-state index contributed by atoms with van der Waals surface area (Å²) in [7, 11) is 1.59. The molecule has 1 saturated carbocycles. The van der Waals surface area contributed by atoms with Gasteiger partial charge in [-0.25, -0.2) is 4.39 Å². The summed E-state index contributed by atoms with van der Waals surface area (Å²) in [6.45, 7) is 0.278. The lowest BCUT2D eigenvalue weighted by Crippen LogP contribution is -2.23. The van der Waals surface area contributed by atoms with Gasteiger partial charge >= 0.3 is 0 Å². The summed E-state index contributed by atoms with van der Waals surface area (Å²) >= 11 is 0. The Morgan fingerprint density at radius 1 is 1.03 bits per heavy atom. The van der Waals surface area contributed by atoms with Gasteiger partial charge in [-0.1, -0.05) is 24.3 Å². The Balaban J connectivity index is 1.19. The van der Waals surface area contributed by atoms with Crippen molar-refractivity contribution < 1.29 is 18.7 Å². The number of methoxy groups -OCH3 is 1. The summed E-state index contributed by atoms with van der Waals surface area (Å²) in [5.41, 5.74) is 2.30. The van der Waals surface area contributed by atoms with Crippen molar-refractivity contribution in [3.05, 3.63) is 102 Å². The monoisotopic (exact) mass is 469 g/mol. The van der Waals surface area contributed by atoms with Gasteiger partial charge in [0.1, 0.15) is 11.6 Å². The third kappa shape index (κ3) is 4.99. The first-order valence-corrected chi connectivity index (χ1v) is 11.4. The predicted octanol–water partition coefficient (Wildman–Crippen LogP) is 5.05. The number of ether oxygens (including phenoxy) is 1. The minimum Gasteiger partial charge on any atom is -0.497 e. The van der Waals surface area contributed by atoms with Gasteiger partial charge in [-0.2, -0.15) is 0 Å². The van der Waals surface area contributed by atoms with Gasteiger partial charge in [-0.05, 0) is 71.3 Å². The largest absolute Gasteiger partial charge is 0.497 e. The zero-order valence-electron chi connectivity index (χ0n) is 19.1. The first-order valence-electron chi connectivity index (χ1n) is 11.4. The van der Waals surface area contributed by atoms with Gasteiger partial charge in [0.05, 0.1) is 12.7 Å². The molecule has 35 heavy (non-hydrogen) atoms. The van der Waals surface area contributed by atoms with E-state index in [0.29, 0.717) is 6.42 Å². The highest BCUT2D eigenvalue weighted by atomic mass is 19.1. The van der Waals surface area contributed by atoms with Gasteiger partial charge in [0, 0.05) is 35.9 Å². The van der Waals surface area contributed by atoms with Crippen LogP contribution in [0.25, 0.3) is 10.8 Å². The number of rotatable bonds is 7. The van der Waals surface area contributed by atoms with Crippen LogP contribution in [0.5, 0.6) is 5.75 Å². The first-order chi connectivity index (χ1) is 17.0. The van der Waals surface area contributed by atoms with E-state index in [1.165, 1.54) is 12.1 Å². The molecule has 7 heteroatoms.